The molecule has 0 spiro atoms. The second-order valence-electron chi connectivity index (χ2n) is 5.41. The van der Waals surface area contributed by atoms with Crippen molar-refractivity contribution >= 4 is 17.7 Å². The summed E-state index contributed by atoms with van der Waals surface area (Å²) in [6.45, 7) is 1.78. The quantitative estimate of drug-likeness (QED) is 0.888. The van der Waals surface area contributed by atoms with Crippen molar-refractivity contribution in [3.63, 3.8) is 0 Å². The van der Waals surface area contributed by atoms with Crippen LogP contribution in [-0.4, -0.2) is 23.5 Å². The summed E-state index contributed by atoms with van der Waals surface area (Å²) in [5.41, 5.74) is 6.10. The number of rotatable bonds is 4. The Balaban J connectivity index is 2.00. The molecule has 1 aliphatic carbocycles. The zero-order valence-electron chi connectivity index (χ0n) is 11.6. The number of thioether (sulfide) groups is 1. The highest BCUT2D eigenvalue weighted by molar-refractivity contribution is 7.99. The molecule has 1 aliphatic rings. The molecule has 1 aromatic carbocycles. The number of hydrogen-bond acceptors (Lipinski definition) is 3. The van der Waals surface area contributed by atoms with E-state index in [2.05, 4.69) is 11.6 Å². The Morgan fingerprint density at radius 2 is 2.05 bits per heavy atom. The van der Waals surface area contributed by atoms with Gasteiger partial charge in [0.05, 0.1) is 0 Å². The van der Waals surface area contributed by atoms with Crippen LogP contribution in [0.1, 0.15) is 31.7 Å². The van der Waals surface area contributed by atoms with Gasteiger partial charge in [-0.05, 0) is 38.0 Å². The molecule has 0 aliphatic heterocycles. The van der Waals surface area contributed by atoms with Crippen molar-refractivity contribution in [2.75, 3.05) is 6.26 Å². The summed E-state index contributed by atoms with van der Waals surface area (Å²) in [5.74, 6) is -0.0783. The molecular formula is C15H22N2OS. The molecule has 0 heterocycles. The Morgan fingerprint density at radius 1 is 1.37 bits per heavy atom. The van der Waals surface area contributed by atoms with Gasteiger partial charge < -0.3 is 11.1 Å². The molecule has 3 N–H and O–H groups in total. The maximum absolute atomic E-state index is 12.4. The highest BCUT2D eigenvalue weighted by atomic mass is 32.2. The lowest BCUT2D eigenvalue weighted by Gasteiger charge is -2.26. The topological polar surface area (TPSA) is 55.1 Å². The number of amides is 1. The van der Waals surface area contributed by atoms with Crippen molar-refractivity contribution in [2.24, 2.45) is 5.73 Å². The Kier molecular flexibility index (Phi) is 4.53. The number of hydrogen-bond donors (Lipinski definition) is 2. The van der Waals surface area contributed by atoms with Crippen molar-refractivity contribution in [1.82, 2.24) is 5.32 Å². The highest BCUT2D eigenvalue weighted by Gasteiger charge is 2.33. The number of nitrogens with one attached hydrogen (secondary N) is 1. The van der Waals surface area contributed by atoms with Gasteiger partial charge in [0.2, 0.25) is 5.91 Å². The highest BCUT2D eigenvalue weighted by Crippen LogP contribution is 2.29. The summed E-state index contributed by atoms with van der Waals surface area (Å²) in [7, 11) is 0. The SMILES string of the molecule is CSC1CCC(NC(=O)C(C)(N)c2ccccc2)C1. The second kappa shape index (κ2) is 5.97. The van der Waals surface area contributed by atoms with Crippen LogP contribution in [0.15, 0.2) is 30.3 Å². The summed E-state index contributed by atoms with van der Waals surface area (Å²) >= 11 is 1.88. The molecule has 4 heteroatoms. The molecule has 1 amide bonds. The first-order valence-corrected chi connectivity index (χ1v) is 8.01. The zero-order chi connectivity index (χ0) is 13.9. The smallest absolute Gasteiger partial charge is 0.244 e. The van der Waals surface area contributed by atoms with Crippen LogP contribution in [0, 0.1) is 0 Å². The van der Waals surface area contributed by atoms with Crippen molar-refractivity contribution in [3.05, 3.63) is 35.9 Å². The Morgan fingerprint density at radius 3 is 2.63 bits per heavy atom. The van der Waals surface area contributed by atoms with Crippen LogP contribution < -0.4 is 11.1 Å². The van der Waals surface area contributed by atoms with Gasteiger partial charge in [0, 0.05) is 11.3 Å². The predicted molar refractivity (Wildman–Crippen MR) is 81.1 cm³/mol. The van der Waals surface area contributed by atoms with Gasteiger partial charge in [0.15, 0.2) is 0 Å². The number of benzene rings is 1. The molecule has 3 nitrogen and oxygen atoms in total. The first kappa shape index (κ1) is 14.4. The van der Waals surface area contributed by atoms with Crippen molar-refractivity contribution < 1.29 is 4.79 Å². The fourth-order valence-corrected chi connectivity index (χ4v) is 3.33. The molecular weight excluding hydrogens is 256 g/mol. The maximum Gasteiger partial charge on any atom is 0.244 e. The normalized spacial score (nSPS) is 25.8. The maximum atomic E-state index is 12.4. The summed E-state index contributed by atoms with van der Waals surface area (Å²) in [6.07, 6.45) is 5.42. The van der Waals surface area contributed by atoms with E-state index >= 15 is 0 Å². The average molecular weight is 278 g/mol. The van der Waals surface area contributed by atoms with Gasteiger partial charge in [-0.3, -0.25) is 4.79 Å². The van der Waals surface area contributed by atoms with Gasteiger partial charge in [0.25, 0.3) is 0 Å². The molecule has 0 saturated heterocycles. The number of nitrogens with two attached hydrogens (primary N) is 1. The lowest BCUT2D eigenvalue weighted by Crippen LogP contribution is -2.51. The molecule has 2 rings (SSSR count). The monoisotopic (exact) mass is 278 g/mol. The number of carbonyl (C=O) groups is 1. The van der Waals surface area contributed by atoms with Crippen LogP contribution in [0.2, 0.25) is 0 Å². The summed E-state index contributed by atoms with van der Waals surface area (Å²) in [5, 5.41) is 3.78. The molecule has 19 heavy (non-hydrogen) atoms. The van der Waals surface area contributed by atoms with Crippen LogP contribution in [0.4, 0.5) is 0 Å². The largest absolute Gasteiger partial charge is 0.351 e. The summed E-state index contributed by atoms with van der Waals surface area (Å²) < 4.78 is 0. The van der Waals surface area contributed by atoms with Crippen LogP contribution in [-0.2, 0) is 10.3 Å². The summed E-state index contributed by atoms with van der Waals surface area (Å²) in [6, 6.07) is 9.83. The Hall–Kier alpha value is -1.00. The number of carbonyl (C=O) groups excluding carboxylic acids is 1. The third-order valence-electron chi connectivity index (χ3n) is 3.90. The molecule has 3 atom stereocenters. The molecule has 1 saturated carbocycles. The minimum Gasteiger partial charge on any atom is -0.351 e. The lowest BCUT2D eigenvalue weighted by atomic mass is 9.92. The van der Waals surface area contributed by atoms with E-state index < -0.39 is 5.54 Å². The van der Waals surface area contributed by atoms with E-state index in [1.807, 2.05) is 42.1 Å². The third kappa shape index (κ3) is 3.31. The Labute approximate surface area is 119 Å². The van der Waals surface area contributed by atoms with Crippen molar-refractivity contribution in [3.8, 4) is 0 Å². The van der Waals surface area contributed by atoms with E-state index in [0.29, 0.717) is 5.25 Å². The molecule has 0 bridgehead atoms. The van der Waals surface area contributed by atoms with Crippen molar-refractivity contribution in [1.29, 1.82) is 0 Å². The first-order chi connectivity index (χ1) is 9.04. The fourth-order valence-electron chi connectivity index (χ4n) is 2.54. The molecule has 0 radical (unpaired) electrons. The van der Waals surface area contributed by atoms with E-state index in [0.717, 1.165) is 18.4 Å². The fraction of sp³-hybridized carbons (Fsp3) is 0.533. The average Bonchev–Trinajstić information content (AvgIpc) is 2.87. The zero-order valence-corrected chi connectivity index (χ0v) is 12.4. The van der Waals surface area contributed by atoms with E-state index in [9.17, 15) is 4.79 Å². The molecule has 104 valence electrons. The van der Waals surface area contributed by atoms with E-state index in [1.165, 1.54) is 6.42 Å². The predicted octanol–water partition coefficient (Wildman–Crippen LogP) is 2.26. The summed E-state index contributed by atoms with van der Waals surface area (Å²) in [4.78, 5) is 12.4. The van der Waals surface area contributed by atoms with Gasteiger partial charge in [-0.1, -0.05) is 30.3 Å². The standard InChI is InChI=1S/C15H22N2OS/c1-15(16,11-6-4-3-5-7-11)14(18)17-12-8-9-13(10-12)19-2/h3-7,12-13H,8-10,16H2,1-2H3,(H,17,18). The van der Waals surface area contributed by atoms with Gasteiger partial charge in [-0.15, -0.1) is 0 Å². The second-order valence-corrected chi connectivity index (χ2v) is 6.55. The van der Waals surface area contributed by atoms with Crippen LogP contribution in [0.25, 0.3) is 0 Å². The van der Waals surface area contributed by atoms with Crippen LogP contribution in [0.3, 0.4) is 0 Å². The minimum absolute atomic E-state index is 0.0783. The molecule has 0 aromatic heterocycles. The minimum atomic E-state index is -0.960. The lowest BCUT2D eigenvalue weighted by molar-refractivity contribution is -0.126. The van der Waals surface area contributed by atoms with Crippen LogP contribution >= 0.6 is 11.8 Å². The van der Waals surface area contributed by atoms with Crippen molar-refractivity contribution in [2.45, 2.75) is 43.0 Å². The molecule has 3 unspecified atom stereocenters. The van der Waals surface area contributed by atoms with Crippen LogP contribution in [0.5, 0.6) is 0 Å². The first-order valence-electron chi connectivity index (χ1n) is 6.72. The van der Waals surface area contributed by atoms with E-state index in [-0.39, 0.29) is 11.9 Å². The van der Waals surface area contributed by atoms with Gasteiger partial charge >= 0.3 is 0 Å². The van der Waals surface area contributed by atoms with E-state index in [1.54, 1.807) is 6.92 Å². The van der Waals surface area contributed by atoms with Gasteiger partial charge in [0.1, 0.15) is 5.54 Å². The van der Waals surface area contributed by atoms with Gasteiger partial charge in [-0.2, -0.15) is 11.8 Å². The Bertz CT molecular complexity index is 433. The molecule has 1 aromatic rings. The third-order valence-corrected chi connectivity index (χ3v) is 4.99. The molecule has 1 fully saturated rings. The van der Waals surface area contributed by atoms with E-state index in [4.69, 9.17) is 5.73 Å². The van der Waals surface area contributed by atoms with Gasteiger partial charge in [-0.25, -0.2) is 0 Å².